The van der Waals surface area contributed by atoms with Crippen molar-refractivity contribution in [1.29, 1.82) is 5.26 Å². The molecule has 7 nitrogen and oxygen atoms in total. The van der Waals surface area contributed by atoms with Crippen molar-refractivity contribution in [2.24, 2.45) is 0 Å². The van der Waals surface area contributed by atoms with Crippen molar-refractivity contribution >= 4 is 17.7 Å². The van der Waals surface area contributed by atoms with Crippen molar-refractivity contribution in [2.75, 3.05) is 5.32 Å². The molecule has 0 aliphatic carbocycles. The Bertz CT molecular complexity index is 821. The molecule has 0 bridgehead atoms. The van der Waals surface area contributed by atoms with Crippen molar-refractivity contribution in [3.63, 3.8) is 0 Å². The molecular formula is C13H7F3N4O3. The molecule has 0 spiro atoms. The quantitative estimate of drug-likeness (QED) is 0.897. The molecular weight excluding hydrogens is 317 g/mol. The van der Waals surface area contributed by atoms with Gasteiger partial charge in [-0.15, -0.1) is 0 Å². The number of carboxylic acid groups (broad SMARTS) is 1. The van der Waals surface area contributed by atoms with Crippen LogP contribution >= 0.6 is 0 Å². The lowest BCUT2D eigenvalue weighted by Gasteiger charge is -2.11. The van der Waals surface area contributed by atoms with Crippen molar-refractivity contribution < 1.29 is 27.9 Å². The van der Waals surface area contributed by atoms with E-state index in [9.17, 15) is 22.8 Å². The zero-order valence-electron chi connectivity index (χ0n) is 11.1. The maximum absolute atomic E-state index is 12.4. The number of carbonyl (C=O) groups is 2. The second-order valence-corrected chi connectivity index (χ2v) is 4.24. The SMILES string of the molecule is N#Cc1cnn(-c2cccc(C(=O)O)c2)c1NC(=O)C(F)(F)F. The molecule has 0 aliphatic rings. The van der Waals surface area contributed by atoms with Crippen LogP contribution in [0.5, 0.6) is 0 Å². The van der Waals surface area contributed by atoms with Crippen molar-refractivity contribution in [1.82, 2.24) is 9.78 Å². The molecule has 0 aliphatic heterocycles. The van der Waals surface area contributed by atoms with Crippen LogP contribution in [0.4, 0.5) is 19.0 Å². The number of nitrogens with zero attached hydrogens (tertiary/aromatic N) is 3. The number of nitrogens with one attached hydrogen (secondary N) is 1. The summed E-state index contributed by atoms with van der Waals surface area (Å²) in [6.07, 6.45) is -4.19. The second-order valence-electron chi connectivity index (χ2n) is 4.24. The first-order valence-electron chi connectivity index (χ1n) is 5.94. The Kier molecular flexibility index (Phi) is 4.04. The van der Waals surface area contributed by atoms with E-state index in [1.165, 1.54) is 18.2 Å². The summed E-state index contributed by atoms with van der Waals surface area (Å²) >= 11 is 0. The van der Waals surface area contributed by atoms with Gasteiger partial charge < -0.3 is 10.4 Å². The van der Waals surface area contributed by atoms with Crippen LogP contribution in [-0.2, 0) is 4.79 Å². The molecule has 118 valence electrons. The summed E-state index contributed by atoms with van der Waals surface area (Å²) in [5.74, 6) is -4.03. The number of anilines is 1. The highest BCUT2D eigenvalue weighted by Crippen LogP contribution is 2.23. The predicted molar refractivity (Wildman–Crippen MR) is 69.9 cm³/mol. The van der Waals surface area contributed by atoms with Gasteiger partial charge in [-0.25, -0.2) is 9.48 Å². The molecule has 0 radical (unpaired) electrons. The highest BCUT2D eigenvalue weighted by atomic mass is 19.4. The third-order valence-electron chi connectivity index (χ3n) is 2.72. The lowest BCUT2D eigenvalue weighted by atomic mass is 10.2. The van der Waals surface area contributed by atoms with Crippen LogP contribution in [0.3, 0.4) is 0 Å². The molecule has 0 atom stereocenters. The van der Waals surface area contributed by atoms with Crippen molar-refractivity contribution in [3.8, 4) is 11.8 Å². The first kappa shape index (κ1) is 16.0. The standard InChI is InChI=1S/C13H7F3N4O3/c14-13(15,16)12(23)19-10-8(5-17)6-18-20(10)9-3-1-2-7(4-9)11(21)22/h1-4,6H,(H,19,23)(H,21,22). The van der Waals surface area contributed by atoms with Gasteiger partial charge >= 0.3 is 18.1 Å². The number of carboxylic acids is 1. The number of hydrogen-bond donors (Lipinski definition) is 2. The third kappa shape index (κ3) is 3.29. The molecule has 2 rings (SSSR count). The molecule has 0 fully saturated rings. The Morgan fingerprint density at radius 3 is 2.61 bits per heavy atom. The van der Waals surface area contributed by atoms with Gasteiger partial charge in [0, 0.05) is 0 Å². The first-order chi connectivity index (χ1) is 10.7. The summed E-state index contributed by atoms with van der Waals surface area (Å²) < 4.78 is 38.0. The van der Waals surface area contributed by atoms with Gasteiger partial charge in [0.05, 0.1) is 17.4 Å². The maximum Gasteiger partial charge on any atom is 0.471 e. The summed E-state index contributed by atoms with van der Waals surface area (Å²) in [5, 5.41) is 23.1. The molecule has 1 aromatic carbocycles. The van der Waals surface area contributed by atoms with E-state index >= 15 is 0 Å². The molecule has 2 N–H and O–H groups in total. The molecule has 0 saturated heterocycles. The highest BCUT2D eigenvalue weighted by molar-refractivity contribution is 5.95. The number of halogens is 3. The Balaban J connectivity index is 2.51. The lowest BCUT2D eigenvalue weighted by Crippen LogP contribution is -2.31. The number of benzene rings is 1. The number of alkyl halides is 3. The van der Waals surface area contributed by atoms with E-state index in [-0.39, 0.29) is 16.8 Å². The number of rotatable bonds is 3. The van der Waals surface area contributed by atoms with Gasteiger partial charge in [-0.2, -0.15) is 23.5 Å². The van der Waals surface area contributed by atoms with Crippen molar-refractivity contribution in [2.45, 2.75) is 6.18 Å². The highest BCUT2D eigenvalue weighted by Gasteiger charge is 2.39. The predicted octanol–water partition coefficient (Wildman–Crippen LogP) is 1.94. The fraction of sp³-hybridized carbons (Fsp3) is 0.0769. The van der Waals surface area contributed by atoms with Gasteiger partial charge in [0.1, 0.15) is 11.6 Å². The maximum atomic E-state index is 12.4. The summed E-state index contributed by atoms with van der Waals surface area (Å²) in [6, 6.07) is 6.72. The number of aromatic carboxylic acids is 1. The van der Waals surface area contributed by atoms with Crippen molar-refractivity contribution in [3.05, 3.63) is 41.6 Å². The fourth-order valence-electron chi connectivity index (χ4n) is 1.70. The number of amides is 1. The van der Waals surface area contributed by atoms with Gasteiger partial charge in [-0.3, -0.25) is 4.79 Å². The van der Waals surface area contributed by atoms with Crippen LogP contribution in [-0.4, -0.2) is 32.9 Å². The Labute approximate surface area is 126 Å². The lowest BCUT2D eigenvalue weighted by molar-refractivity contribution is -0.167. The van der Waals surface area contributed by atoms with Gasteiger partial charge in [0.2, 0.25) is 0 Å². The van der Waals surface area contributed by atoms with E-state index < -0.39 is 23.9 Å². The van der Waals surface area contributed by atoms with E-state index in [2.05, 4.69) is 5.10 Å². The summed E-state index contributed by atoms with van der Waals surface area (Å²) in [7, 11) is 0. The normalized spacial score (nSPS) is 10.9. The largest absolute Gasteiger partial charge is 0.478 e. The number of carbonyl (C=O) groups excluding carboxylic acids is 1. The first-order valence-corrected chi connectivity index (χ1v) is 5.94. The zero-order chi connectivity index (χ0) is 17.2. The molecule has 1 aromatic heterocycles. The minimum Gasteiger partial charge on any atom is -0.478 e. The molecule has 1 amide bonds. The van der Waals surface area contributed by atoms with Crippen LogP contribution in [0.15, 0.2) is 30.5 Å². The average Bonchev–Trinajstić information content (AvgIpc) is 2.89. The summed E-state index contributed by atoms with van der Waals surface area (Å²) in [6.45, 7) is 0. The van der Waals surface area contributed by atoms with Crippen LogP contribution in [0.1, 0.15) is 15.9 Å². The van der Waals surface area contributed by atoms with E-state index in [1.54, 1.807) is 11.4 Å². The van der Waals surface area contributed by atoms with Gasteiger partial charge in [-0.1, -0.05) is 6.07 Å². The molecule has 0 unspecified atom stereocenters. The monoisotopic (exact) mass is 324 g/mol. The zero-order valence-corrected chi connectivity index (χ0v) is 11.1. The average molecular weight is 324 g/mol. The molecule has 0 saturated carbocycles. The second kappa shape index (κ2) is 5.80. The minimum absolute atomic E-state index is 0.0730. The van der Waals surface area contributed by atoms with Crippen LogP contribution in [0, 0.1) is 11.3 Å². The van der Waals surface area contributed by atoms with Gasteiger partial charge in [-0.05, 0) is 18.2 Å². The Hall–Kier alpha value is -3.35. The molecule has 1 heterocycles. The van der Waals surface area contributed by atoms with Crippen LogP contribution in [0.25, 0.3) is 5.69 Å². The van der Waals surface area contributed by atoms with E-state index in [0.717, 1.165) is 16.9 Å². The van der Waals surface area contributed by atoms with Gasteiger partial charge in [0.15, 0.2) is 5.82 Å². The Morgan fingerprint density at radius 1 is 1.35 bits per heavy atom. The fourth-order valence-corrected chi connectivity index (χ4v) is 1.70. The molecule has 23 heavy (non-hydrogen) atoms. The number of nitriles is 1. The van der Waals surface area contributed by atoms with Crippen LogP contribution < -0.4 is 5.32 Å². The van der Waals surface area contributed by atoms with E-state index in [4.69, 9.17) is 10.4 Å². The van der Waals surface area contributed by atoms with Crippen LogP contribution in [0.2, 0.25) is 0 Å². The van der Waals surface area contributed by atoms with Gasteiger partial charge in [0.25, 0.3) is 0 Å². The Morgan fingerprint density at radius 2 is 2.04 bits per heavy atom. The number of aromatic nitrogens is 2. The number of hydrogen-bond acceptors (Lipinski definition) is 4. The minimum atomic E-state index is -5.15. The summed E-state index contributed by atoms with van der Waals surface area (Å²) in [4.78, 5) is 22.0. The topological polar surface area (TPSA) is 108 Å². The molecule has 2 aromatic rings. The summed E-state index contributed by atoms with van der Waals surface area (Å²) in [5.41, 5.74) is -0.364. The third-order valence-corrected chi connectivity index (χ3v) is 2.72. The smallest absolute Gasteiger partial charge is 0.471 e. The molecule has 10 heteroatoms. The van der Waals surface area contributed by atoms with E-state index in [0.29, 0.717) is 0 Å². The van der Waals surface area contributed by atoms with E-state index in [1.807, 2.05) is 0 Å².